The Hall–Kier alpha value is -2.21. The predicted molar refractivity (Wildman–Crippen MR) is 91.2 cm³/mol. The van der Waals surface area contributed by atoms with E-state index in [9.17, 15) is 9.59 Å². The van der Waals surface area contributed by atoms with Crippen LogP contribution in [0.3, 0.4) is 0 Å². The van der Waals surface area contributed by atoms with Crippen LogP contribution in [0.4, 0.5) is 0 Å². The lowest BCUT2D eigenvalue weighted by Crippen LogP contribution is -2.22. The van der Waals surface area contributed by atoms with E-state index in [4.69, 9.17) is 0 Å². The molecule has 5 nitrogen and oxygen atoms in total. The largest absolute Gasteiger partial charge is 0.308 e. The van der Waals surface area contributed by atoms with Crippen molar-refractivity contribution in [3.05, 3.63) is 61.4 Å². The quantitative estimate of drug-likeness (QED) is 0.785. The molecule has 0 fully saturated rings. The molecule has 0 saturated carbocycles. The van der Waals surface area contributed by atoms with Gasteiger partial charge in [0.25, 0.3) is 11.1 Å². The lowest BCUT2D eigenvalue weighted by molar-refractivity contribution is 0.509. The number of aryl methyl sites for hydroxylation is 1. The standard InChI is InChI=1S/C17H17N3O2S/c1-10-5-6-11-12(8-10)23-17-15(11)16(22)18-13(19-17)9-20-7-3-2-4-14(20)21/h2-4,7,10H,5-6,8-9H2,1H3,(H,18,19,22)/t10-/m1/s1. The molecule has 0 aromatic carbocycles. The van der Waals surface area contributed by atoms with Crippen LogP contribution in [0.1, 0.15) is 29.6 Å². The minimum Gasteiger partial charge on any atom is -0.308 e. The van der Waals surface area contributed by atoms with Gasteiger partial charge in [0.05, 0.1) is 11.9 Å². The van der Waals surface area contributed by atoms with Gasteiger partial charge in [-0.2, -0.15) is 0 Å². The molecular formula is C17H17N3O2S. The van der Waals surface area contributed by atoms with Crippen LogP contribution in [-0.4, -0.2) is 14.5 Å². The number of nitrogens with zero attached hydrogens (tertiary/aromatic N) is 2. The summed E-state index contributed by atoms with van der Waals surface area (Å²) in [7, 11) is 0. The fraction of sp³-hybridized carbons (Fsp3) is 0.353. The van der Waals surface area contributed by atoms with Crippen LogP contribution >= 0.6 is 11.3 Å². The number of nitrogens with one attached hydrogen (secondary N) is 1. The molecule has 23 heavy (non-hydrogen) atoms. The van der Waals surface area contributed by atoms with Gasteiger partial charge in [-0.25, -0.2) is 4.98 Å². The van der Waals surface area contributed by atoms with Crippen LogP contribution < -0.4 is 11.1 Å². The summed E-state index contributed by atoms with van der Waals surface area (Å²) in [6, 6.07) is 5.00. The summed E-state index contributed by atoms with van der Waals surface area (Å²) in [6.45, 7) is 2.53. The average molecular weight is 327 g/mol. The number of aromatic amines is 1. The van der Waals surface area contributed by atoms with Gasteiger partial charge in [0.2, 0.25) is 0 Å². The second kappa shape index (κ2) is 5.45. The molecule has 1 N–H and O–H groups in total. The Bertz CT molecular complexity index is 999. The third kappa shape index (κ3) is 2.53. The molecule has 1 aliphatic rings. The van der Waals surface area contributed by atoms with Crippen molar-refractivity contribution in [2.24, 2.45) is 5.92 Å². The van der Waals surface area contributed by atoms with E-state index in [-0.39, 0.29) is 17.7 Å². The van der Waals surface area contributed by atoms with Crippen LogP contribution in [0, 0.1) is 5.92 Å². The van der Waals surface area contributed by atoms with Gasteiger partial charge in [-0.05, 0) is 36.8 Å². The maximum Gasteiger partial charge on any atom is 0.259 e. The second-order valence-electron chi connectivity index (χ2n) is 6.21. The molecule has 1 aliphatic carbocycles. The van der Waals surface area contributed by atoms with Gasteiger partial charge in [-0.3, -0.25) is 9.59 Å². The molecular weight excluding hydrogens is 310 g/mol. The normalized spacial score (nSPS) is 17.3. The first-order chi connectivity index (χ1) is 11.1. The topological polar surface area (TPSA) is 67.8 Å². The first kappa shape index (κ1) is 14.4. The Morgan fingerprint density at radius 2 is 2.26 bits per heavy atom. The van der Waals surface area contributed by atoms with E-state index in [1.807, 2.05) is 0 Å². The fourth-order valence-corrected chi connectivity index (χ4v) is 4.62. The molecule has 1 atom stereocenters. The Morgan fingerprint density at radius 3 is 3.09 bits per heavy atom. The molecule has 3 heterocycles. The van der Waals surface area contributed by atoms with Crippen molar-refractivity contribution in [3.8, 4) is 0 Å². The van der Waals surface area contributed by atoms with Crippen molar-refractivity contribution in [1.29, 1.82) is 0 Å². The SMILES string of the molecule is C[C@@H]1CCc2c(sc3nc(Cn4ccccc4=O)[nH]c(=O)c23)C1. The molecule has 0 amide bonds. The van der Waals surface area contributed by atoms with Crippen molar-refractivity contribution in [3.63, 3.8) is 0 Å². The second-order valence-corrected chi connectivity index (χ2v) is 7.29. The zero-order valence-corrected chi connectivity index (χ0v) is 13.7. The van der Waals surface area contributed by atoms with E-state index in [0.717, 1.165) is 29.5 Å². The number of pyridine rings is 1. The van der Waals surface area contributed by atoms with Gasteiger partial charge in [0.15, 0.2) is 0 Å². The first-order valence-corrected chi connectivity index (χ1v) is 8.62. The van der Waals surface area contributed by atoms with E-state index < -0.39 is 0 Å². The van der Waals surface area contributed by atoms with Gasteiger partial charge < -0.3 is 9.55 Å². The van der Waals surface area contributed by atoms with Crippen LogP contribution in [0.5, 0.6) is 0 Å². The lowest BCUT2D eigenvalue weighted by Gasteiger charge is -2.17. The van der Waals surface area contributed by atoms with Crippen molar-refractivity contribution in [1.82, 2.24) is 14.5 Å². The summed E-state index contributed by atoms with van der Waals surface area (Å²) in [5.41, 5.74) is 0.996. The van der Waals surface area contributed by atoms with Crippen LogP contribution in [-0.2, 0) is 19.4 Å². The molecule has 118 valence electrons. The zero-order chi connectivity index (χ0) is 16.0. The Kier molecular flexibility index (Phi) is 3.41. The number of hydrogen-bond donors (Lipinski definition) is 1. The molecule has 0 saturated heterocycles. The zero-order valence-electron chi connectivity index (χ0n) is 12.8. The number of thiophene rings is 1. The van der Waals surface area contributed by atoms with Crippen molar-refractivity contribution in [2.45, 2.75) is 32.7 Å². The Labute approximate surface area is 136 Å². The van der Waals surface area contributed by atoms with Gasteiger partial charge >= 0.3 is 0 Å². The highest BCUT2D eigenvalue weighted by atomic mass is 32.1. The van der Waals surface area contributed by atoms with E-state index in [1.54, 1.807) is 34.2 Å². The lowest BCUT2D eigenvalue weighted by atomic mass is 9.89. The van der Waals surface area contributed by atoms with Crippen molar-refractivity contribution >= 4 is 21.6 Å². The number of H-pyrrole nitrogens is 1. The van der Waals surface area contributed by atoms with Crippen LogP contribution in [0.25, 0.3) is 10.2 Å². The Morgan fingerprint density at radius 1 is 1.39 bits per heavy atom. The third-order valence-corrected chi connectivity index (χ3v) is 5.58. The van der Waals surface area contributed by atoms with Crippen molar-refractivity contribution < 1.29 is 0 Å². The third-order valence-electron chi connectivity index (χ3n) is 4.43. The summed E-state index contributed by atoms with van der Waals surface area (Å²) < 4.78 is 1.54. The van der Waals surface area contributed by atoms with Crippen LogP contribution in [0.2, 0.25) is 0 Å². The molecule has 6 heteroatoms. The monoisotopic (exact) mass is 327 g/mol. The van der Waals surface area contributed by atoms with Crippen LogP contribution in [0.15, 0.2) is 34.0 Å². The first-order valence-electron chi connectivity index (χ1n) is 7.80. The Balaban J connectivity index is 1.80. The summed E-state index contributed by atoms with van der Waals surface area (Å²) in [5, 5.41) is 0.751. The molecule has 4 rings (SSSR count). The van der Waals surface area contributed by atoms with Gasteiger partial charge in [0, 0.05) is 17.1 Å². The number of hydrogen-bond acceptors (Lipinski definition) is 4. The summed E-state index contributed by atoms with van der Waals surface area (Å²) in [4.78, 5) is 33.9. The molecule has 3 aromatic heterocycles. The molecule has 0 bridgehead atoms. The van der Waals surface area contributed by atoms with E-state index >= 15 is 0 Å². The van der Waals surface area contributed by atoms with E-state index in [1.165, 1.54) is 16.5 Å². The summed E-state index contributed by atoms with van der Waals surface area (Å²) in [5.74, 6) is 1.19. The molecule has 0 aliphatic heterocycles. The van der Waals surface area contributed by atoms with E-state index in [0.29, 0.717) is 11.7 Å². The number of aromatic nitrogens is 3. The molecule has 0 spiro atoms. The highest BCUT2D eigenvalue weighted by molar-refractivity contribution is 7.18. The molecule has 0 radical (unpaired) electrons. The van der Waals surface area contributed by atoms with Gasteiger partial charge in [-0.1, -0.05) is 13.0 Å². The number of rotatable bonds is 2. The van der Waals surface area contributed by atoms with Crippen molar-refractivity contribution in [2.75, 3.05) is 0 Å². The van der Waals surface area contributed by atoms with Gasteiger partial charge in [0.1, 0.15) is 10.7 Å². The minimum absolute atomic E-state index is 0.0824. The van der Waals surface area contributed by atoms with Gasteiger partial charge in [-0.15, -0.1) is 11.3 Å². The summed E-state index contributed by atoms with van der Waals surface area (Å²) in [6.07, 6.45) is 4.81. The maximum atomic E-state index is 12.5. The fourth-order valence-electron chi connectivity index (χ4n) is 3.22. The molecule has 0 unspecified atom stereocenters. The number of fused-ring (bicyclic) bond motifs is 3. The molecule has 3 aromatic rings. The maximum absolute atomic E-state index is 12.5. The summed E-state index contributed by atoms with van der Waals surface area (Å²) >= 11 is 1.63. The highest BCUT2D eigenvalue weighted by Crippen LogP contribution is 2.35. The highest BCUT2D eigenvalue weighted by Gasteiger charge is 2.23. The minimum atomic E-state index is -0.102. The average Bonchev–Trinajstić information content (AvgIpc) is 2.87. The van der Waals surface area contributed by atoms with E-state index in [2.05, 4.69) is 16.9 Å². The smallest absolute Gasteiger partial charge is 0.259 e. The predicted octanol–water partition coefficient (Wildman–Crippen LogP) is 2.32.